The highest BCUT2D eigenvalue weighted by atomic mass is 19.4. The molecule has 8 atom stereocenters. The van der Waals surface area contributed by atoms with Crippen LogP contribution in [0.4, 0.5) is 26.3 Å². The Morgan fingerprint density at radius 1 is 1.06 bits per heavy atom. The number of carbonyl (C=O) groups excluding carboxylic acids is 3. The number of hydrogen-bond acceptors (Lipinski definition) is 6. The van der Waals surface area contributed by atoms with Crippen LogP contribution in [0.3, 0.4) is 0 Å². The standard InChI is InChI=1S/C21H20F6O6/c1-18(20(22,23)24,21(25,26)27)33-17(30)19-7-10-6-12(19)14(32-16(19)29)13(10)31-15(28)11-5-8-2-3-9(11)4-8/h2-3,8-14H,4-7H2,1H3. The van der Waals surface area contributed by atoms with Crippen molar-refractivity contribution in [1.29, 1.82) is 0 Å². The van der Waals surface area contributed by atoms with Crippen LogP contribution in [0.5, 0.6) is 0 Å². The molecule has 1 heterocycles. The van der Waals surface area contributed by atoms with Crippen molar-refractivity contribution in [3.63, 3.8) is 0 Å². The number of allylic oxidation sites excluding steroid dienone is 2. The zero-order valence-electron chi connectivity index (χ0n) is 17.2. The van der Waals surface area contributed by atoms with Gasteiger partial charge in [-0.1, -0.05) is 12.2 Å². The van der Waals surface area contributed by atoms with E-state index >= 15 is 0 Å². The fourth-order valence-corrected chi connectivity index (χ4v) is 6.26. The number of esters is 3. The van der Waals surface area contributed by atoms with Gasteiger partial charge in [-0.25, -0.2) is 0 Å². The second-order valence-electron chi connectivity index (χ2n) is 9.85. The summed E-state index contributed by atoms with van der Waals surface area (Å²) in [5.41, 5.74) is -7.06. The molecule has 8 unspecified atom stereocenters. The smallest absolute Gasteiger partial charge is 0.437 e. The van der Waals surface area contributed by atoms with Gasteiger partial charge in [-0.05, 0) is 44.4 Å². The van der Waals surface area contributed by atoms with E-state index in [-0.39, 0.29) is 25.2 Å². The zero-order valence-corrected chi connectivity index (χ0v) is 17.2. The third kappa shape index (κ3) is 2.90. The van der Waals surface area contributed by atoms with Crippen LogP contribution in [0.1, 0.15) is 32.6 Å². The number of carbonyl (C=O) groups is 3. The Morgan fingerprint density at radius 2 is 1.73 bits per heavy atom. The van der Waals surface area contributed by atoms with Gasteiger partial charge in [-0.15, -0.1) is 0 Å². The second kappa shape index (κ2) is 6.65. The lowest BCUT2D eigenvalue weighted by Gasteiger charge is -2.37. The fourth-order valence-electron chi connectivity index (χ4n) is 6.26. The molecule has 0 radical (unpaired) electrons. The molecule has 33 heavy (non-hydrogen) atoms. The SMILES string of the molecule is CC(OC(=O)C12CC3CC1C(OC2=O)C3OC(=O)C1CC2C=CC1C2)(C(F)(F)F)C(F)(F)F. The zero-order chi connectivity index (χ0) is 24.1. The third-order valence-electron chi connectivity index (χ3n) is 8.14. The lowest BCUT2D eigenvalue weighted by molar-refractivity contribution is -0.364. The average molecular weight is 482 g/mol. The minimum atomic E-state index is -5.95. The van der Waals surface area contributed by atoms with Gasteiger partial charge >= 0.3 is 30.3 Å². The third-order valence-corrected chi connectivity index (χ3v) is 8.14. The first-order chi connectivity index (χ1) is 15.2. The van der Waals surface area contributed by atoms with Crippen LogP contribution in [0.15, 0.2) is 12.2 Å². The van der Waals surface area contributed by atoms with Gasteiger partial charge in [0.2, 0.25) is 0 Å². The Balaban J connectivity index is 1.34. The number of rotatable bonds is 4. The summed E-state index contributed by atoms with van der Waals surface area (Å²) in [6, 6.07) is 0. The van der Waals surface area contributed by atoms with Gasteiger partial charge < -0.3 is 14.2 Å². The van der Waals surface area contributed by atoms with Gasteiger partial charge in [0.15, 0.2) is 5.41 Å². The predicted octanol–water partition coefficient (Wildman–Crippen LogP) is 3.49. The van der Waals surface area contributed by atoms with E-state index in [1.54, 1.807) is 0 Å². The molecule has 12 heteroatoms. The minimum absolute atomic E-state index is 0.0590. The van der Waals surface area contributed by atoms with Crippen molar-refractivity contribution in [2.24, 2.45) is 35.0 Å². The molecule has 4 aliphatic carbocycles. The van der Waals surface area contributed by atoms with E-state index in [0.29, 0.717) is 12.3 Å². The monoisotopic (exact) mass is 482 g/mol. The maximum absolute atomic E-state index is 13.2. The first-order valence-electron chi connectivity index (χ1n) is 10.7. The summed E-state index contributed by atoms with van der Waals surface area (Å²) in [7, 11) is 0. The summed E-state index contributed by atoms with van der Waals surface area (Å²) in [4.78, 5) is 38.0. The second-order valence-corrected chi connectivity index (χ2v) is 9.85. The quantitative estimate of drug-likeness (QED) is 0.201. The van der Waals surface area contributed by atoms with Crippen molar-refractivity contribution in [3.8, 4) is 0 Å². The van der Waals surface area contributed by atoms with Crippen LogP contribution in [0.25, 0.3) is 0 Å². The van der Waals surface area contributed by atoms with E-state index in [2.05, 4.69) is 4.74 Å². The molecule has 0 aromatic rings. The normalized spacial score (nSPS) is 40.9. The lowest BCUT2D eigenvalue weighted by Crippen LogP contribution is -2.59. The number of ether oxygens (including phenoxy) is 3. The molecule has 0 aromatic carbocycles. The maximum Gasteiger partial charge on any atom is 0.437 e. The van der Waals surface area contributed by atoms with Crippen LogP contribution < -0.4 is 0 Å². The van der Waals surface area contributed by atoms with E-state index in [1.807, 2.05) is 12.2 Å². The largest absolute Gasteiger partial charge is 0.458 e. The molecule has 4 fully saturated rings. The average Bonchev–Trinajstić information content (AvgIpc) is 3.48. The Labute approximate surface area is 183 Å². The van der Waals surface area contributed by atoms with E-state index < -0.39 is 71.7 Å². The highest BCUT2D eigenvalue weighted by Gasteiger charge is 2.78. The first-order valence-corrected chi connectivity index (χ1v) is 10.7. The van der Waals surface area contributed by atoms with Gasteiger partial charge in [-0.2, -0.15) is 26.3 Å². The van der Waals surface area contributed by atoms with Gasteiger partial charge in [0.1, 0.15) is 12.2 Å². The number of halogens is 6. The fraction of sp³-hybridized carbons (Fsp3) is 0.762. The van der Waals surface area contributed by atoms with Gasteiger partial charge in [0.25, 0.3) is 5.60 Å². The van der Waals surface area contributed by atoms with E-state index in [0.717, 1.165) is 6.42 Å². The Kier molecular flexibility index (Phi) is 4.54. The van der Waals surface area contributed by atoms with Gasteiger partial charge in [-0.3, -0.25) is 14.4 Å². The molecule has 4 bridgehead atoms. The Bertz CT molecular complexity index is 927. The molecule has 0 aromatic heterocycles. The summed E-state index contributed by atoms with van der Waals surface area (Å²) in [5.74, 6) is -5.24. The first kappa shape index (κ1) is 22.5. The highest BCUT2D eigenvalue weighted by molar-refractivity contribution is 6.03. The summed E-state index contributed by atoms with van der Waals surface area (Å²) in [6.45, 7) is -0.291. The van der Waals surface area contributed by atoms with Crippen molar-refractivity contribution < 1.29 is 54.9 Å². The van der Waals surface area contributed by atoms with E-state index in [4.69, 9.17) is 9.47 Å². The molecule has 1 aliphatic heterocycles. The maximum atomic E-state index is 13.2. The molecule has 1 saturated heterocycles. The molecule has 5 rings (SSSR count). The number of alkyl halides is 6. The number of hydrogen-bond donors (Lipinski definition) is 0. The topological polar surface area (TPSA) is 78.9 Å². The Hall–Kier alpha value is -2.27. The molecule has 182 valence electrons. The van der Waals surface area contributed by atoms with E-state index in [9.17, 15) is 40.7 Å². The van der Waals surface area contributed by atoms with Crippen molar-refractivity contribution in [1.82, 2.24) is 0 Å². The van der Waals surface area contributed by atoms with Crippen LogP contribution >= 0.6 is 0 Å². The van der Waals surface area contributed by atoms with Crippen LogP contribution in [0.2, 0.25) is 0 Å². The number of fused-ring (bicyclic) bond motifs is 3. The van der Waals surface area contributed by atoms with Gasteiger partial charge in [0.05, 0.1) is 5.92 Å². The summed E-state index contributed by atoms with van der Waals surface area (Å²) in [5, 5.41) is 0. The van der Waals surface area contributed by atoms with Gasteiger partial charge in [0, 0.05) is 11.8 Å². The molecule has 0 spiro atoms. The van der Waals surface area contributed by atoms with Crippen molar-refractivity contribution in [2.45, 2.75) is 62.8 Å². The van der Waals surface area contributed by atoms with Crippen LogP contribution in [-0.4, -0.2) is 48.1 Å². The molecule has 0 amide bonds. The molecular weight excluding hydrogens is 462 g/mol. The van der Waals surface area contributed by atoms with Crippen molar-refractivity contribution >= 4 is 17.9 Å². The molecule has 3 saturated carbocycles. The molecule has 5 aliphatic rings. The summed E-state index contributed by atoms with van der Waals surface area (Å²) in [6.07, 6.45) is -8.73. The summed E-state index contributed by atoms with van der Waals surface area (Å²) < 4.78 is 94.1. The van der Waals surface area contributed by atoms with Crippen molar-refractivity contribution in [2.75, 3.05) is 0 Å². The predicted molar refractivity (Wildman–Crippen MR) is 93.9 cm³/mol. The lowest BCUT2D eigenvalue weighted by atomic mass is 9.73. The Morgan fingerprint density at radius 3 is 2.27 bits per heavy atom. The summed E-state index contributed by atoms with van der Waals surface area (Å²) >= 11 is 0. The van der Waals surface area contributed by atoms with Crippen molar-refractivity contribution in [3.05, 3.63) is 12.2 Å². The molecular formula is C21H20F6O6. The molecule has 6 nitrogen and oxygen atoms in total. The van der Waals surface area contributed by atoms with Crippen LogP contribution in [-0.2, 0) is 28.6 Å². The van der Waals surface area contributed by atoms with E-state index in [1.165, 1.54) is 0 Å². The molecule has 0 N–H and O–H groups in total. The van der Waals surface area contributed by atoms with Crippen LogP contribution in [0, 0.1) is 35.0 Å². The highest BCUT2D eigenvalue weighted by Crippen LogP contribution is 2.64. The minimum Gasteiger partial charge on any atom is -0.458 e.